The number of carbonyl (C=O) groups excluding carboxylic acids is 1. The highest BCUT2D eigenvalue weighted by Gasteiger charge is 2.09. The molecule has 132 valence electrons. The monoisotopic (exact) mass is 396 g/mol. The summed E-state index contributed by atoms with van der Waals surface area (Å²) < 4.78 is 5.55. The number of halogens is 2. The molecular weight excluding hydrogens is 379 g/mol. The molecule has 0 saturated heterocycles. The first-order valence-corrected chi connectivity index (χ1v) is 8.81. The zero-order chi connectivity index (χ0) is 18.4. The predicted octanol–water partition coefficient (Wildman–Crippen LogP) is 4.59. The highest BCUT2D eigenvalue weighted by Crippen LogP contribution is 2.20. The fraction of sp³-hybridized carbons (Fsp3) is 0.222. The van der Waals surface area contributed by atoms with Crippen molar-refractivity contribution in [1.29, 1.82) is 0 Å². The maximum atomic E-state index is 12.2. The van der Waals surface area contributed by atoms with Gasteiger partial charge in [-0.1, -0.05) is 29.3 Å². The molecule has 0 spiro atoms. The van der Waals surface area contributed by atoms with Crippen LogP contribution in [0.25, 0.3) is 0 Å². The van der Waals surface area contributed by atoms with Crippen LogP contribution in [0, 0.1) is 0 Å². The number of hydrogen-bond acceptors (Lipinski definition) is 3. The van der Waals surface area contributed by atoms with Crippen molar-refractivity contribution in [2.24, 2.45) is 0 Å². The number of hydrogen-bond donors (Lipinski definition) is 2. The van der Waals surface area contributed by atoms with Gasteiger partial charge in [0.25, 0.3) is 5.91 Å². The molecule has 4 nitrogen and oxygen atoms in total. The van der Waals surface area contributed by atoms with Gasteiger partial charge in [-0.2, -0.15) is 0 Å². The van der Waals surface area contributed by atoms with E-state index in [2.05, 4.69) is 10.6 Å². The van der Waals surface area contributed by atoms with Crippen molar-refractivity contribution in [1.82, 2.24) is 10.6 Å². The lowest BCUT2D eigenvalue weighted by Crippen LogP contribution is -2.38. The molecule has 2 rings (SSSR count). The van der Waals surface area contributed by atoms with E-state index in [0.29, 0.717) is 27.9 Å². The maximum absolute atomic E-state index is 12.2. The summed E-state index contributed by atoms with van der Waals surface area (Å²) in [6.07, 6.45) is 0.0798. The summed E-state index contributed by atoms with van der Waals surface area (Å²) in [5.41, 5.74) is 1.32. The van der Waals surface area contributed by atoms with E-state index in [0.717, 1.165) is 5.56 Å². The molecule has 0 heterocycles. The first kappa shape index (κ1) is 19.5. The molecule has 0 aromatic heterocycles. The van der Waals surface area contributed by atoms with Gasteiger partial charge < -0.3 is 10.1 Å². The lowest BCUT2D eigenvalue weighted by molar-refractivity contribution is 0.0976. The summed E-state index contributed by atoms with van der Waals surface area (Å²) in [6, 6.07) is 12.1. The Morgan fingerprint density at radius 2 is 1.84 bits per heavy atom. The van der Waals surface area contributed by atoms with Crippen molar-refractivity contribution < 1.29 is 9.53 Å². The molecule has 0 bridgehead atoms. The van der Waals surface area contributed by atoms with Crippen molar-refractivity contribution in [2.45, 2.75) is 26.5 Å². The Kier molecular flexibility index (Phi) is 7.05. The van der Waals surface area contributed by atoms with Gasteiger partial charge in [0.15, 0.2) is 5.11 Å². The van der Waals surface area contributed by atoms with Gasteiger partial charge in [0.2, 0.25) is 0 Å². The Balaban J connectivity index is 1.88. The molecule has 2 aromatic rings. The van der Waals surface area contributed by atoms with Gasteiger partial charge in [0.05, 0.1) is 6.10 Å². The second kappa shape index (κ2) is 9.04. The van der Waals surface area contributed by atoms with E-state index >= 15 is 0 Å². The van der Waals surface area contributed by atoms with E-state index in [1.807, 2.05) is 13.8 Å². The van der Waals surface area contributed by atoms with Crippen molar-refractivity contribution >= 4 is 46.4 Å². The van der Waals surface area contributed by atoms with Crippen LogP contribution in [0.3, 0.4) is 0 Å². The lowest BCUT2D eigenvalue weighted by atomic mass is 10.2. The second-order valence-corrected chi connectivity index (χ2v) is 6.82. The summed E-state index contributed by atoms with van der Waals surface area (Å²) >= 11 is 17.1. The van der Waals surface area contributed by atoms with Gasteiger partial charge in [-0.25, -0.2) is 0 Å². The van der Waals surface area contributed by atoms with Gasteiger partial charge in [0.1, 0.15) is 5.75 Å². The van der Waals surface area contributed by atoms with Gasteiger partial charge in [-0.3, -0.25) is 10.1 Å². The minimum atomic E-state index is -0.296. The molecule has 25 heavy (non-hydrogen) atoms. The van der Waals surface area contributed by atoms with E-state index in [1.54, 1.807) is 42.5 Å². The SMILES string of the molecule is CC(C)Oc1ccc(C(=O)NC(=S)NCc2ccc(Cl)cc2Cl)cc1. The van der Waals surface area contributed by atoms with Gasteiger partial charge in [-0.15, -0.1) is 0 Å². The Hall–Kier alpha value is -1.82. The van der Waals surface area contributed by atoms with Crippen LogP contribution in [0.15, 0.2) is 42.5 Å². The molecule has 0 fully saturated rings. The summed E-state index contributed by atoms with van der Waals surface area (Å²) in [5.74, 6) is 0.417. The molecule has 0 atom stereocenters. The van der Waals surface area contributed by atoms with Crippen molar-refractivity contribution in [3.63, 3.8) is 0 Å². The van der Waals surface area contributed by atoms with Gasteiger partial charge in [-0.05, 0) is 68.0 Å². The summed E-state index contributed by atoms with van der Waals surface area (Å²) in [4.78, 5) is 12.2. The van der Waals surface area contributed by atoms with E-state index in [9.17, 15) is 4.79 Å². The minimum absolute atomic E-state index is 0.0798. The molecule has 0 unspecified atom stereocenters. The van der Waals surface area contributed by atoms with Crippen LogP contribution in [0.4, 0.5) is 0 Å². The number of rotatable bonds is 5. The number of thiocarbonyl (C=S) groups is 1. The smallest absolute Gasteiger partial charge is 0.257 e. The Labute approximate surface area is 162 Å². The van der Waals surface area contributed by atoms with Crippen LogP contribution < -0.4 is 15.4 Å². The molecule has 2 N–H and O–H groups in total. The standard InChI is InChI=1S/C18H18Cl2N2O2S/c1-11(2)24-15-7-4-12(5-8-15)17(23)22-18(25)21-10-13-3-6-14(19)9-16(13)20/h3-9,11H,10H2,1-2H3,(H2,21,22,23,25). The molecule has 0 radical (unpaired) electrons. The first-order chi connectivity index (χ1) is 11.8. The number of carbonyl (C=O) groups is 1. The van der Waals surface area contributed by atoms with E-state index in [-0.39, 0.29) is 17.1 Å². The first-order valence-electron chi connectivity index (χ1n) is 7.65. The van der Waals surface area contributed by atoms with Crippen molar-refractivity contribution in [3.05, 3.63) is 63.6 Å². The highest BCUT2D eigenvalue weighted by atomic mass is 35.5. The van der Waals surface area contributed by atoms with Crippen LogP contribution >= 0.6 is 35.4 Å². The molecule has 0 saturated carbocycles. The van der Waals surface area contributed by atoms with Gasteiger partial charge in [0, 0.05) is 22.2 Å². The van der Waals surface area contributed by atoms with Gasteiger partial charge >= 0.3 is 0 Å². The van der Waals surface area contributed by atoms with Crippen molar-refractivity contribution in [2.75, 3.05) is 0 Å². The Bertz CT molecular complexity index is 764. The number of ether oxygens (including phenoxy) is 1. The molecule has 7 heteroatoms. The third-order valence-electron chi connectivity index (χ3n) is 3.17. The third-order valence-corrected chi connectivity index (χ3v) is 4.00. The highest BCUT2D eigenvalue weighted by molar-refractivity contribution is 7.80. The largest absolute Gasteiger partial charge is 0.491 e. The molecule has 0 aliphatic heterocycles. The molecule has 0 aliphatic carbocycles. The van der Waals surface area contributed by atoms with E-state index in [1.165, 1.54) is 0 Å². The fourth-order valence-corrected chi connectivity index (χ4v) is 2.66. The Morgan fingerprint density at radius 3 is 2.44 bits per heavy atom. The second-order valence-electron chi connectivity index (χ2n) is 5.56. The van der Waals surface area contributed by atoms with Crippen LogP contribution in [0.2, 0.25) is 10.0 Å². The average Bonchev–Trinajstić information content (AvgIpc) is 2.54. The van der Waals surface area contributed by atoms with E-state index < -0.39 is 0 Å². The molecular formula is C18H18Cl2N2O2S. The fourth-order valence-electron chi connectivity index (χ4n) is 2.02. The maximum Gasteiger partial charge on any atom is 0.257 e. The number of nitrogens with one attached hydrogen (secondary N) is 2. The normalized spacial score (nSPS) is 10.4. The summed E-state index contributed by atoms with van der Waals surface area (Å²) in [6.45, 7) is 4.27. The van der Waals surface area contributed by atoms with Crippen LogP contribution in [-0.4, -0.2) is 17.1 Å². The summed E-state index contributed by atoms with van der Waals surface area (Å²) in [5, 5.41) is 6.90. The Morgan fingerprint density at radius 1 is 1.16 bits per heavy atom. The zero-order valence-electron chi connectivity index (χ0n) is 13.8. The molecule has 0 aliphatic rings. The average molecular weight is 397 g/mol. The van der Waals surface area contributed by atoms with E-state index in [4.69, 9.17) is 40.2 Å². The third kappa shape index (κ3) is 6.20. The number of amides is 1. The van der Waals surface area contributed by atoms with Crippen LogP contribution in [0.1, 0.15) is 29.8 Å². The molecule has 1 amide bonds. The lowest BCUT2D eigenvalue weighted by Gasteiger charge is -2.12. The summed E-state index contributed by atoms with van der Waals surface area (Å²) in [7, 11) is 0. The molecule has 2 aromatic carbocycles. The quantitative estimate of drug-likeness (QED) is 0.725. The minimum Gasteiger partial charge on any atom is -0.491 e. The number of benzene rings is 2. The van der Waals surface area contributed by atoms with Crippen LogP contribution in [0.5, 0.6) is 5.75 Å². The van der Waals surface area contributed by atoms with Crippen molar-refractivity contribution in [3.8, 4) is 5.75 Å². The predicted molar refractivity (Wildman–Crippen MR) is 106 cm³/mol. The topological polar surface area (TPSA) is 50.4 Å². The zero-order valence-corrected chi connectivity index (χ0v) is 16.1. The van der Waals surface area contributed by atoms with Crippen LogP contribution in [-0.2, 0) is 6.54 Å².